The van der Waals surface area contributed by atoms with Crippen LogP contribution in [0.2, 0.25) is 0 Å². The lowest BCUT2D eigenvalue weighted by atomic mass is 10.5. The molecule has 0 bridgehead atoms. The minimum atomic E-state index is -0.310. The third-order valence-electron chi connectivity index (χ3n) is 3.22. The lowest BCUT2D eigenvalue weighted by Crippen LogP contribution is -2.22. The van der Waals surface area contributed by atoms with Crippen LogP contribution in [0.5, 0.6) is 0 Å². The standard InChI is InChI=1S/C11H9N9O/c1-18-10(21)7-9(17-11(18)12)20(5-16-7)19-4-15-6-2-13-3-14-8(6)19/h2-5H,1H3,(H2,12,17). The van der Waals surface area contributed by atoms with Crippen LogP contribution in [0, 0.1) is 0 Å². The second-order valence-electron chi connectivity index (χ2n) is 4.42. The van der Waals surface area contributed by atoms with Gasteiger partial charge in [0.15, 0.2) is 16.8 Å². The van der Waals surface area contributed by atoms with Crippen molar-refractivity contribution >= 4 is 28.3 Å². The van der Waals surface area contributed by atoms with Crippen molar-refractivity contribution in [3.63, 3.8) is 0 Å². The molecule has 0 aliphatic rings. The van der Waals surface area contributed by atoms with Crippen LogP contribution in [0.1, 0.15) is 0 Å². The summed E-state index contributed by atoms with van der Waals surface area (Å²) < 4.78 is 4.43. The number of nitrogens with two attached hydrogens (primary N) is 1. The maximum absolute atomic E-state index is 12.1. The van der Waals surface area contributed by atoms with E-state index in [9.17, 15) is 4.79 Å². The summed E-state index contributed by atoms with van der Waals surface area (Å²) in [5, 5.41) is 0. The van der Waals surface area contributed by atoms with E-state index in [1.807, 2.05) is 0 Å². The minimum Gasteiger partial charge on any atom is -0.369 e. The molecular formula is C11H9N9O. The number of nitrogen functional groups attached to an aromatic ring is 1. The fourth-order valence-electron chi connectivity index (χ4n) is 2.11. The quantitative estimate of drug-likeness (QED) is 0.483. The molecule has 2 N–H and O–H groups in total. The average Bonchev–Trinajstić information content (AvgIpc) is 3.08. The molecule has 0 aliphatic carbocycles. The van der Waals surface area contributed by atoms with Crippen LogP contribution < -0.4 is 11.3 Å². The Kier molecular flexibility index (Phi) is 2.11. The molecule has 4 aromatic heterocycles. The van der Waals surface area contributed by atoms with Gasteiger partial charge in [-0.1, -0.05) is 0 Å². The molecule has 0 aromatic carbocycles. The zero-order chi connectivity index (χ0) is 14.6. The largest absolute Gasteiger partial charge is 0.369 e. The van der Waals surface area contributed by atoms with Crippen LogP contribution in [0.25, 0.3) is 22.3 Å². The predicted molar refractivity (Wildman–Crippen MR) is 73.3 cm³/mol. The first-order valence-corrected chi connectivity index (χ1v) is 6.00. The predicted octanol–water partition coefficient (Wildman–Crippen LogP) is -0.837. The van der Waals surface area contributed by atoms with Gasteiger partial charge in [0.1, 0.15) is 24.5 Å². The van der Waals surface area contributed by atoms with Gasteiger partial charge in [0.2, 0.25) is 5.95 Å². The van der Waals surface area contributed by atoms with Gasteiger partial charge in [-0.05, 0) is 0 Å². The van der Waals surface area contributed by atoms with Gasteiger partial charge in [0.25, 0.3) is 5.56 Å². The topological polar surface area (TPSA) is 122 Å². The number of hydrogen-bond donors (Lipinski definition) is 1. The summed E-state index contributed by atoms with van der Waals surface area (Å²) in [6.45, 7) is 0. The van der Waals surface area contributed by atoms with Crippen LogP contribution in [0.3, 0.4) is 0 Å². The third kappa shape index (κ3) is 1.46. The van der Waals surface area contributed by atoms with E-state index in [1.54, 1.807) is 28.9 Å². The summed E-state index contributed by atoms with van der Waals surface area (Å²) in [4.78, 5) is 32.7. The molecule has 0 fully saturated rings. The van der Waals surface area contributed by atoms with E-state index >= 15 is 0 Å². The van der Waals surface area contributed by atoms with Gasteiger partial charge in [-0.3, -0.25) is 9.36 Å². The minimum absolute atomic E-state index is 0.105. The van der Waals surface area contributed by atoms with E-state index in [1.165, 1.54) is 17.2 Å². The Hall–Kier alpha value is -3.30. The summed E-state index contributed by atoms with van der Waals surface area (Å²) in [6.07, 6.45) is 6.04. The summed E-state index contributed by atoms with van der Waals surface area (Å²) in [5.41, 5.74) is 7.19. The molecule has 0 aliphatic heterocycles. The van der Waals surface area contributed by atoms with Crippen molar-refractivity contribution in [1.82, 2.24) is 38.8 Å². The summed E-state index contributed by atoms with van der Waals surface area (Å²) in [6, 6.07) is 0. The van der Waals surface area contributed by atoms with Crippen molar-refractivity contribution in [1.29, 1.82) is 0 Å². The zero-order valence-corrected chi connectivity index (χ0v) is 10.9. The van der Waals surface area contributed by atoms with Gasteiger partial charge in [-0.2, -0.15) is 4.98 Å². The van der Waals surface area contributed by atoms with Gasteiger partial charge in [-0.25, -0.2) is 29.3 Å². The fraction of sp³-hybridized carbons (Fsp3) is 0.0909. The smallest absolute Gasteiger partial charge is 0.282 e. The monoisotopic (exact) mass is 283 g/mol. The van der Waals surface area contributed by atoms with E-state index in [0.717, 1.165) is 0 Å². The molecule has 4 rings (SSSR count). The molecule has 4 aromatic rings. The molecule has 0 unspecified atom stereocenters. The number of hydrogen-bond acceptors (Lipinski definition) is 7. The molecular weight excluding hydrogens is 274 g/mol. The highest BCUT2D eigenvalue weighted by Crippen LogP contribution is 2.13. The number of nitrogens with zero attached hydrogens (tertiary/aromatic N) is 8. The first-order chi connectivity index (χ1) is 10.2. The Balaban J connectivity index is 2.10. The molecule has 10 nitrogen and oxygen atoms in total. The van der Waals surface area contributed by atoms with Crippen molar-refractivity contribution in [2.45, 2.75) is 0 Å². The fourth-order valence-corrected chi connectivity index (χ4v) is 2.11. The van der Waals surface area contributed by atoms with Crippen molar-refractivity contribution in [2.24, 2.45) is 7.05 Å². The van der Waals surface area contributed by atoms with E-state index in [-0.39, 0.29) is 17.0 Å². The molecule has 0 amide bonds. The first kappa shape index (κ1) is 11.5. The van der Waals surface area contributed by atoms with Crippen LogP contribution in [0.15, 0.2) is 30.0 Å². The van der Waals surface area contributed by atoms with E-state index in [4.69, 9.17) is 5.73 Å². The summed E-state index contributed by atoms with van der Waals surface area (Å²) in [5.74, 6) is 0.105. The van der Waals surface area contributed by atoms with Gasteiger partial charge in [0, 0.05) is 7.05 Å². The highest BCUT2D eigenvalue weighted by atomic mass is 16.1. The SMILES string of the molecule is Cn1c(N)nc2c(ncn2-n2cnc3cncnc32)c1=O. The van der Waals surface area contributed by atoms with Crippen molar-refractivity contribution < 1.29 is 0 Å². The lowest BCUT2D eigenvalue weighted by molar-refractivity contribution is 0.686. The van der Waals surface area contributed by atoms with Crippen LogP contribution >= 0.6 is 0 Å². The molecule has 0 spiro atoms. The van der Waals surface area contributed by atoms with Crippen LogP contribution in [-0.2, 0) is 7.05 Å². The number of imidazole rings is 2. The molecule has 0 atom stereocenters. The third-order valence-corrected chi connectivity index (χ3v) is 3.22. The number of anilines is 1. The molecule has 0 radical (unpaired) electrons. The van der Waals surface area contributed by atoms with E-state index < -0.39 is 0 Å². The maximum atomic E-state index is 12.1. The number of fused-ring (bicyclic) bond motifs is 2. The lowest BCUT2D eigenvalue weighted by Gasteiger charge is -2.06. The average molecular weight is 283 g/mol. The molecule has 104 valence electrons. The summed E-state index contributed by atoms with van der Waals surface area (Å²) >= 11 is 0. The number of aromatic nitrogens is 8. The molecule has 21 heavy (non-hydrogen) atoms. The Bertz CT molecular complexity index is 1040. The van der Waals surface area contributed by atoms with Gasteiger partial charge in [0.05, 0.1) is 6.20 Å². The Morgan fingerprint density at radius 3 is 2.71 bits per heavy atom. The Morgan fingerprint density at radius 1 is 1.10 bits per heavy atom. The van der Waals surface area contributed by atoms with Gasteiger partial charge >= 0.3 is 0 Å². The Morgan fingerprint density at radius 2 is 1.86 bits per heavy atom. The number of rotatable bonds is 1. The first-order valence-electron chi connectivity index (χ1n) is 6.00. The van der Waals surface area contributed by atoms with E-state index in [0.29, 0.717) is 16.8 Å². The highest BCUT2D eigenvalue weighted by Gasteiger charge is 2.14. The molecule has 10 heteroatoms. The second kappa shape index (κ2) is 3.85. The normalized spacial score (nSPS) is 11.5. The maximum Gasteiger partial charge on any atom is 0.282 e. The second-order valence-corrected chi connectivity index (χ2v) is 4.42. The van der Waals surface area contributed by atoms with Crippen molar-refractivity contribution in [2.75, 3.05) is 5.73 Å². The summed E-state index contributed by atoms with van der Waals surface area (Å²) in [7, 11) is 1.54. The van der Waals surface area contributed by atoms with Crippen molar-refractivity contribution in [3.05, 3.63) is 35.5 Å². The van der Waals surface area contributed by atoms with Crippen LogP contribution in [-0.4, -0.2) is 38.8 Å². The van der Waals surface area contributed by atoms with Crippen LogP contribution in [0.4, 0.5) is 5.95 Å². The van der Waals surface area contributed by atoms with Crippen molar-refractivity contribution in [3.8, 4) is 0 Å². The molecule has 0 saturated carbocycles. The zero-order valence-electron chi connectivity index (χ0n) is 10.9. The molecule has 0 saturated heterocycles. The van der Waals surface area contributed by atoms with Gasteiger partial charge in [-0.15, -0.1) is 0 Å². The van der Waals surface area contributed by atoms with E-state index in [2.05, 4.69) is 24.9 Å². The highest BCUT2D eigenvalue weighted by molar-refractivity contribution is 5.73. The van der Waals surface area contributed by atoms with Gasteiger partial charge < -0.3 is 5.73 Å². The Labute approximate surface area is 116 Å². The molecule has 4 heterocycles.